The molecule has 0 radical (unpaired) electrons. The molecule has 3 aromatic rings. The summed E-state index contributed by atoms with van der Waals surface area (Å²) in [5.74, 6) is 0.578. The maximum absolute atomic E-state index is 11.8. The van der Waals surface area contributed by atoms with E-state index < -0.39 is 0 Å². The first-order valence-corrected chi connectivity index (χ1v) is 9.16. The summed E-state index contributed by atoms with van der Waals surface area (Å²) >= 11 is 0. The van der Waals surface area contributed by atoms with Gasteiger partial charge in [-0.2, -0.15) is 0 Å². The van der Waals surface area contributed by atoms with Gasteiger partial charge in [0, 0.05) is 26.2 Å². The van der Waals surface area contributed by atoms with Gasteiger partial charge >= 0.3 is 0 Å². The van der Waals surface area contributed by atoms with Crippen LogP contribution < -0.4 is 16.2 Å². The molecule has 27 heavy (non-hydrogen) atoms. The van der Waals surface area contributed by atoms with Crippen LogP contribution in [0.5, 0.6) is 0 Å². The first-order chi connectivity index (χ1) is 13.2. The van der Waals surface area contributed by atoms with Crippen molar-refractivity contribution in [2.75, 3.05) is 36.8 Å². The second-order valence-electron chi connectivity index (χ2n) is 6.72. The summed E-state index contributed by atoms with van der Waals surface area (Å²) < 4.78 is 0. The fraction of sp³-hybridized carbons (Fsp3) is 0.238. The topological polar surface area (TPSA) is 78.2 Å². The Labute approximate surface area is 158 Å². The Kier molecular flexibility index (Phi) is 4.89. The van der Waals surface area contributed by atoms with Crippen LogP contribution in [0.3, 0.4) is 0 Å². The Bertz CT molecular complexity index is 894. The van der Waals surface area contributed by atoms with E-state index in [9.17, 15) is 4.79 Å². The summed E-state index contributed by atoms with van der Waals surface area (Å²) in [6.45, 7) is 3.28. The van der Waals surface area contributed by atoms with E-state index in [2.05, 4.69) is 68.3 Å². The van der Waals surface area contributed by atoms with Gasteiger partial charge in [0.2, 0.25) is 0 Å². The predicted molar refractivity (Wildman–Crippen MR) is 108 cm³/mol. The Balaban J connectivity index is 1.57. The summed E-state index contributed by atoms with van der Waals surface area (Å²) in [6, 6.07) is 21.4. The summed E-state index contributed by atoms with van der Waals surface area (Å²) in [7, 11) is 0. The van der Waals surface area contributed by atoms with E-state index in [0.29, 0.717) is 5.82 Å². The smallest absolute Gasteiger partial charge is 0.276 e. The monoisotopic (exact) mass is 361 g/mol. The maximum Gasteiger partial charge on any atom is 0.276 e. The van der Waals surface area contributed by atoms with Crippen LogP contribution in [0.4, 0.5) is 11.5 Å². The van der Waals surface area contributed by atoms with E-state index in [-0.39, 0.29) is 17.3 Å². The third-order valence-electron chi connectivity index (χ3n) is 5.08. The van der Waals surface area contributed by atoms with Gasteiger partial charge in [-0.05, 0) is 11.1 Å². The average Bonchev–Trinajstić information content (AvgIpc) is 2.73. The first-order valence-electron chi connectivity index (χ1n) is 9.16. The molecule has 1 aliphatic rings. The molecule has 0 unspecified atom stereocenters. The summed E-state index contributed by atoms with van der Waals surface area (Å²) in [5, 5.41) is 0. The van der Waals surface area contributed by atoms with Crippen LogP contribution in [-0.2, 0) is 0 Å². The third-order valence-corrected chi connectivity index (χ3v) is 5.08. The summed E-state index contributed by atoms with van der Waals surface area (Å²) in [4.78, 5) is 23.1. The Morgan fingerprint density at radius 3 is 2.00 bits per heavy atom. The minimum Gasteiger partial charge on any atom is -0.391 e. The number of rotatable bonds is 4. The van der Waals surface area contributed by atoms with Crippen LogP contribution >= 0.6 is 0 Å². The molecule has 1 fully saturated rings. The molecular weight excluding hydrogens is 338 g/mol. The number of nitrogens with zero attached hydrogens (tertiary/aromatic N) is 3. The van der Waals surface area contributed by atoms with E-state index in [1.54, 1.807) is 0 Å². The second kappa shape index (κ2) is 7.63. The molecule has 138 valence electrons. The zero-order valence-corrected chi connectivity index (χ0v) is 15.1. The lowest BCUT2D eigenvalue weighted by atomic mass is 9.96. The zero-order chi connectivity index (χ0) is 18.6. The molecule has 0 spiro atoms. The van der Waals surface area contributed by atoms with E-state index in [4.69, 9.17) is 5.73 Å². The molecule has 0 atom stereocenters. The molecule has 0 amide bonds. The van der Waals surface area contributed by atoms with E-state index in [0.717, 1.165) is 26.2 Å². The molecule has 1 aliphatic heterocycles. The fourth-order valence-electron chi connectivity index (χ4n) is 3.73. The van der Waals surface area contributed by atoms with Crippen molar-refractivity contribution >= 4 is 11.5 Å². The van der Waals surface area contributed by atoms with Gasteiger partial charge in [0.05, 0.1) is 12.4 Å². The van der Waals surface area contributed by atoms with Crippen molar-refractivity contribution in [2.45, 2.75) is 6.04 Å². The largest absolute Gasteiger partial charge is 0.391 e. The number of nitrogens with two attached hydrogens (primary N) is 1. The molecular formula is C21H23N5O. The molecule has 4 rings (SSSR count). The number of hydrogen-bond acceptors (Lipinski definition) is 5. The number of anilines is 2. The van der Waals surface area contributed by atoms with Crippen molar-refractivity contribution in [1.82, 2.24) is 14.9 Å². The number of nitrogen functional groups attached to an aromatic ring is 1. The molecule has 1 aromatic heterocycles. The van der Waals surface area contributed by atoms with Crippen molar-refractivity contribution in [2.24, 2.45) is 0 Å². The average molecular weight is 361 g/mol. The predicted octanol–water partition coefficient (Wildman–Crippen LogP) is 2.26. The lowest BCUT2D eigenvalue weighted by molar-refractivity contribution is 0.212. The van der Waals surface area contributed by atoms with Gasteiger partial charge in [-0.3, -0.25) is 9.69 Å². The highest BCUT2D eigenvalue weighted by Gasteiger charge is 2.27. The van der Waals surface area contributed by atoms with Gasteiger partial charge in [-0.1, -0.05) is 60.7 Å². The van der Waals surface area contributed by atoms with Crippen LogP contribution in [-0.4, -0.2) is 41.0 Å². The van der Waals surface area contributed by atoms with E-state index in [1.165, 1.54) is 17.5 Å². The van der Waals surface area contributed by atoms with Crippen molar-refractivity contribution in [3.8, 4) is 0 Å². The van der Waals surface area contributed by atoms with E-state index in [1.807, 2.05) is 12.1 Å². The van der Waals surface area contributed by atoms with Crippen LogP contribution in [0, 0.1) is 0 Å². The highest BCUT2D eigenvalue weighted by molar-refractivity contribution is 5.61. The normalized spacial score (nSPS) is 15.2. The number of aromatic amines is 1. The van der Waals surface area contributed by atoms with Gasteiger partial charge in [0.15, 0.2) is 5.82 Å². The molecule has 0 bridgehead atoms. The molecule has 2 aromatic carbocycles. The molecule has 0 saturated carbocycles. The molecule has 6 nitrogen and oxygen atoms in total. The maximum atomic E-state index is 11.8. The zero-order valence-electron chi connectivity index (χ0n) is 15.1. The molecule has 0 aliphatic carbocycles. The number of hydrogen-bond donors (Lipinski definition) is 2. The summed E-state index contributed by atoms with van der Waals surface area (Å²) in [6.07, 6.45) is 1.41. The Morgan fingerprint density at radius 1 is 0.889 bits per heavy atom. The van der Waals surface area contributed by atoms with Gasteiger partial charge in [0.1, 0.15) is 5.69 Å². The fourth-order valence-corrected chi connectivity index (χ4v) is 3.73. The van der Waals surface area contributed by atoms with Gasteiger partial charge < -0.3 is 15.6 Å². The van der Waals surface area contributed by atoms with Gasteiger partial charge in [0.25, 0.3) is 5.56 Å². The molecule has 3 N–H and O–H groups in total. The quantitative estimate of drug-likeness (QED) is 0.745. The van der Waals surface area contributed by atoms with Crippen molar-refractivity contribution < 1.29 is 0 Å². The van der Waals surface area contributed by atoms with Crippen LogP contribution in [0.25, 0.3) is 0 Å². The number of nitrogens with one attached hydrogen (secondary N) is 1. The van der Waals surface area contributed by atoms with Gasteiger partial charge in [-0.15, -0.1) is 0 Å². The molecule has 2 heterocycles. The number of benzene rings is 2. The van der Waals surface area contributed by atoms with E-state index >= 15 is 0 Å². The minimum absolute atomic E-state index is 0.189. The number of aromatic nitrogens is 2. The third kappa shape index (κ3) is 3.57. The van der Waals surface area contributed by atoms with Crippen molar-refractivity contribution in [3.63, 3.8) is 0 Å². The highest BCUT2D eigenvalue weighted by atomic mass is 16.1. The molecule has 6 heteroatoms. The van der Waals surface area contributed by atoms with Crippen molar-refractivity contribution in [1.29, 1.82) is 0 Å². The van der Waals surface area contributed by atoms with Gasteiger partial charge in [-0.25, -0.2) is 4.98 Å². The standard InChI is InChI=1S/C21H23N5O/c22-18-20(23-15-24-21(18)27)26-13-11-25(12-14-26)19(16-7-3-1-4-8-16)17-9-5-2-6-10-17/h1-10,15,19H,11-14,22H2,(H,23,24,27). The number of piperazine rings is 1. The minimum atomic E-state index is -0.283. The Hall–Kier alpha value is -3.12. The second-order valence-corrected chi connectivity index (χ2v) is 6.72. The summed E-state index contributed by atoms with van der Waals surface area (Å²) in [5.41, 5.74) is 8.40. The van der Waals surface area contributed by atoms with Crippen LogP contribution in [0.2, 0.25) is 0 Å². The van der Waals surface area contributed by atoms with Crippen LogP contribution in [0.15, 0.2) is 71.8 Å². The molecule has 1 saturated heterocycles. The number of H-pyrrole nitrogens is 1. The first kappa shape index (κ1) is 17.3. The Morgan fingerprint density at radius 2 is 1.44 bits per heavy atom. The van der Waals surface area contributed by atoms with Crippen molar-refractivity contribution in [3.05, 3.63) is 88.5 Å². The lowest BCUT2D eigenvalue weighted by Gasteiger charge is -2.40. The lowest BCUT2D eigenvalue weighted by Crippen LogP contribution is -2.48. The highest BCUT2D eigenvalue weighted by Crippen LogP contribution is 2.30. The van der Waals surface area contributed by atoms with Crippen LogP contribution in [0.1, 0.15) is 17.2 Å². The SMILES string of the molecule is Nc1c(N2CCN(C(c3ccccc3)c3ccccc3)CC2)nc[nH]c1=O.